The Kier molecular flexibility index (Phi) is 5.94. The molecule has 0 N–H and O–H groups in total. The van der Waals surface area contributed by atoms with Gasteiger partial charge in [0.25, 0.3) is 0 Å². The van der Waals surface area contributed by atoms with Gasteiger partial charge in [0.1, 0.15) is 12.2 Å². The van der Waals surface area contributed by atoms with E-state index in [0.29, 0.717) is 31.2 Å². The first-order valence-electron chi connectivity index (χ1n) is 7.89. The Morgan fingerprint density at radius 1 is 1.00 bits per heavy atom. The molecule has 1 saturated heterocycles. The predicted octanol–water partition coefficient (Wildman–Crippen LogP) is 3.53. The first-order valence-corrected chi connectivity index (χ1v) is 8.26. The Morgan fingerprint density at radius 2 is 1.50 bits per heavy atom. The van der Waals surface area contributed by atoms with Gasteiger partial charge in [-0.25, -0.2) is 9.59 Å². The second-order valence-electron chi connectivity index (χ2n) is 6.64. The van der Waals surface area contributed by atoms with E-state index in [-0.39, 0.29) is 18.8 Å². The molecule has 0 atom stereocenters. The third-order valence-corrected chi connectivity index (χ3v) is 3.72. The highest BCUT2D eigenvalue weighted by molar-refractivity contribution is 6.30. The first kappa shape index (κ1) is 18.4. The van der Waals surface area contributed by atoms with Crippen LogP contribution in [0.15, 0.2) is 24.3 Å². The second-order valence-corrected chi connectivity index (χ2v) is 7.07. The maximum atomic E-state index is 12.1. The zero-order valence-electron chi connectivity index (χ0n) is 14.3. The Hall–Kier alpha value is -1.95. The van der Waals surface area contributed by atoms with Crippen LogP contribution in [0.2, 0.25) is 5.02 Å². The molecule has 1 aliphatic heterocycles. The highest BCUT2D eigenvalue weighted by Gasteiger charge is 2.28. The van der Waals surface area contributed by atoms with Gasteiger partial charge in [-0.3, -0.25) is 0 Å². The molecule has 1 aromatic rings. The molecule has 0 aromatic heterocycles. The van der Waals surface area contributed by atoms with Crippen LogP contribution < -0.4 is 0 Å². The van der Waals surface area contributed by atoms with E-state index in [0.717, 1.165) is 5.56 Å². The fourth-order valence-corrected chi connectivity index (χ4v) is 2.34. The number of piperazine rings is 1. The maximum Gasteiger partial charge on any atom is 0.410 e. The molecule has 1 aliphatic rings. The van der Waals surface area contributed by atoms with Gasteiger partial charge >= 0.3 is 12.2 Å². The molecule has 0 spiro atoms. The van der Waals surface area contributed by atoms with Crippen LogP contribution in [0.1, 0.15) is 26.3 Å². The lowest BCUT2D eigenvalue weighted by Crippen LogP contribution is -2.51. The fourth-order valence-electron chi connectivity index (χ4n) is 2.22. The SMILES string of the molecule is CC(C)(C)OC(=O)N1CCN(C(=O)OCc2ccc(Cl)cc2)CC1. The lowest BCUT2D eigenvalue weighted by atomic mass is 10.2. The smallest absolute Gasteiger partial charge is 0.410 e. The van der Waals surface area contributed by atoms with E-state index in [1.165, 1.54) is 0 Å². The van der Waals surface area contributed by atoms with Gasteiger partial charge in [-0.05, 0) is 38.5 Å². The van der Waals surface area contributed by atoms with Gasteiger partial charge in [0.05, 0.1) is 0 Å². The third kappa shape index (κ3) is 5.60. The summed E-state index contributed by atoms with van der Waals surface area (Å²) in [6, 6.07) is 7.14. The van der Waals surface area contributed by atoms with E-state index in [9.17, 15) is 9.59 Å². The molecule has 1 aromatic carbocycles. The predicted molar refractivity (Wildman–Crippen MR) is 91.0 cm³/mol. The zero-order chi connectivity index (χ0) is 17.7. The molecule has 0 radical (unpaired) electrons. The average Bonchev–Trinajstić information content (AvgIpc) is 2.52. The molecule has 1 heterocycles. The summed E-state index contributed by atoms with van der Waals surface area (Å²) >= 11 is 5.82. The Morgan fingerprint density at radius 3 is 2.00 bits per heavy atom. The molecule has 2 amide bonds. The van der Waals surface area contributed by atoms with E-state index in [2.05, 4.69) is 0 Å². The monoisotopic (exact) mass is 354 g/mol. The normalized spacial score (nSPS) is 15.2. The summed E-state index contributed by atoms with van der Waals surface area (Å²) in [7, 11) is 0. The number of carbonyl (C=O) groups is 2. The minimum atomic E-state index is -0.522. The highest BCUT2D eigenvalue weighted by atomic mass is 35.5. The van der Waals surface area contributed by atoms with E-state index < -0.39 is 5.60 Å². The van der Waals surface area contributed by atoms with Crippen molar-refractivity contribution in [2.45, 2.75) is 33.0 Å². The van der Waals surface area contributed by atoms with Crippen molar-refractivity contribution in [3.63, 3.8) is 0 Å². The van der Waals surface area contributed by atoms with E-state index in [4.69, 9.17) is 21.1 Å². The van der Waals surface area contributed by atoms with Crippen LogP contribution in [0, 0.1) is 0 Å². The van der Waals surface area contributed by atoms with Crippen molar-refractivity contribution in [1.82, 2.24) is 9.80 Å². The van der Waals surface area contributed by atoms with Crippen LogP contribution in [0.25, 0.3) is 0 Å². The van der Waals surface area contributed by atoms with Crippen LogP contribution in [0.4, 0.5) is 9.59 Å². The van der Waals surface area contributed by atoms with Crippen LogP contribution in [0.5, 0.6) is 0 Å². The van der Waals surface area contributed by atoms with Crippen molar-refractivity contribution in [3.8, 4) is 0 Å². The molecule has 6 nitrogen and oxygen atoms in total. The number of rotatable bonds is 2. The molecular formula is C17H23ClN2O4. The zero-order valence-corrected chi connectivity index (χ0v) is 15.0. The highest BCUT2D eigenvalue weighted by Crippen LogP contribution is 2.13. The van der Waals surface area contributed by atoms with Crippen molar-refractivity contribution in [3.05, 3.63) is 34.9 Å². The van der Waals surface area contributed by atoms with Gasteiger partial charge in [-0.15, -0.1) is 0 Å². The average molecular weight is 355 g/mol. The Labute approximate surface area is 147 Å². The molecule has 1 fully saturated rings. The van der Waals surface area contributed by atoms with E-state index in [1.807, 2.05) is 32.9 Å². The molecule has 0 aliphatic carbocycles. The number of nitrogens with zero attached hydrogens (tertiary/aromatic N) is 2. The van der Waals surface area contributed by atoms with Crippen LogP contribution in [0.3, 0.4) is 0 Å². The number of amides is 2. The van der Waals surface area contributed by atoms with Crippen molar-refractivity contribution < 1.29 is 19.1 Å². The molecule has 0 unspecified atom stereocenters. The lowest BCUT2D eigenvalue weighted by Gasteiger charge is -2.35. The summed E-state index contributed by atoms with van der Waals surface area (Å²) in [5.74, 6) is 0. The number of halogens is 1. The van der Waals surface area contributed by atoms with E-state index >= 15 is 0 Å². The van der Waals surface area contributed by atoms with Crippen molar-refractivity contribution in [2.75, 3.05) is 26.2 Å². The molecule has 2 rings (SSSR count). The van der Waals surface area contributed by atoms with Gasteiger partial charge in [0, 0.05) is 31.2 Å². The summed E-state index contributed by atoms with van der Waals surface area (Å²) in [6.07, 6.45) is -0.731. The molecule has 7 heteroatoms. The standard InChI is InChI=1S/C17H23ClN2O4/c1-17(2,3)24-16(22)20-10-8-19(9-11-20)15(21)23-12-13-4-6-14(18)7-5-13/h4-7H,8-12H2,1-3H3. The summed E-state index contributed by atoms with van der Waals surface area (Å²) in [5, 5.41) is 0.642. The Bertz CT molecular complexity index is 575. The molecule has 132 valence electrons. The van der Waals surface area contributed by atoms with Crippen LogP contribution in [-0.4, -0.2) is 53.8 Å². The van der Waals surface area contributed by atoms with Crippen molar-refractivity contribution in [1.29, 1.82) is 0 Å². The van der Waals surface area contributed by atoms with Crippen LogP contribution in [-0.2, 0) is 16.1 Å². The topological polar surface area (TPSA) is 59.1 Å². The fraction of sp³-hybridized carbons (Fsp3) is 0.529. The number of benzene rings is 1. The maximum absolute atomic E-state index is 12.1. The van der Waals surface area contributed by atoms with Gasteiger partial charge in [0.2, 0.25) is 0 Å². The van der Waals surface area contributed by atoms with Gasteiger partial charge < -0.3 is 19.3 Å². The third-order valence-electron chi connectivity index (χ3n) is 3.47. The molecule has 24 heavy (non-hydrogen) atoms. The first-order chi connectivity index (χ1) is 11.2. The van der Waals surface area contributed by atoms with Crippen molar-refractivity contribution >= 4 is 23.8 Å². The van der Waals surface area contributed by atoms with Gasteiger partial charge in [-0.1, -0.05) is 23.7 Å². The molecule has 0 saturated carbocycles. The minimum absolute atomic E-state index is 0.197. The van der Waals surface area contributed by atoms with Gasteiger partial charge in [-0.2, -0.15) is 0 Å². The summed E-state index contributed by atoms with van der Waals surface area (Å²) in [5.41, 5.74) is 0.353. The summed E-state index contributed by atoms with van der Waals surface area (Å²) < 4.78 is 10.6. The lowest BCUT2D eigenvalue weighted by molar-refractivity contribution is 0.0125. The quantitative estimate of drug-likeness (QED) is 0.815. The van der Waals surface area contributed by atoms with Gasteiger partial charge in [0.15, 0.2) is 0 Å². The summed E-state index contributed by atoms with van der Waals surface area (Å²) in [6.45, 7) is 7.41. The second kappa shape index (κ2) is 7.75. The van der Waals surface area contributed by atoms with Crippen LogP contribution >= 0.6 is 11.6 Å². The van der Waals surface area contributed by atoms with Crippen molar-refractivity contribution in [2.24, 2.45) is 0 Å². The summed E-state index contributed by atoms with van der Waals surface area (Å²) in [4.78, 5) is 27.3. The molecular weight excluding hydrogens is 332 g/mol. The number of ether oxygens (including phenoxy) is 2. The largest absolute Gasteiger partial charge is 0.445 e. The number of hydrogen-bond donors (Lipinski definition) is 0. The number of hydrogen-bond acceptors (Lipinski definition) is 4. The Balaban J connectivity index is 1.76. The van der Waals surface area contributed by atoms with E-state index in [1.54, 1.807) is 21.9 Å². The minimum Gasteiger partial charge on any atom is -0.445 e. The molecule has 0 bridgehead atoms. The number of carbonyl (C=O) groups excluding carboxylic acids is 2.